The molecule has 0 spiro atoms. The summed E-state index contributed by atoms with van der Waals surface area (Å²) >= 11 is 0. The number of hydrogen-bond donors (Lipinski definition) is 3. The number of imidazole rings is 2. The maximum atomic E-state index is 12.6. The second kappa shape index (κ2) is 13.4. The van der Waals surface area contributed by atoms with Gasteiger partial charge >= 0.3 is 0 Å². The van der Waals surface area contributed by atoms with Crippen molar-refractivity contribution in [3.05, 3.63) is 72.6 Å². The number of rotatable bonds is 13. The van der Waals surface area contributed by atoms with E-state index in [2.05, 4.69) is 101 Å². The first kappa shape index (κ1) is 28.3. The van der Waals surface area contributed by atoms with Gasteiger partial charge in [-0.2, -0.15) is 0 Å². The maximum Gasteiger partial charge on any atom is 0.223 e. The zero-order valence-corrected chi connectivity index (χ0v) is 23.9. The quantitative estimate of drug-likeness (QED) is 0.175. The van der Waals surface area contributed by atoms with E-state index in [4.69, 9.17) is 0 Å². The van der Waals surface area contributed by atoms with Crippen molar-refractivity contribution >= 4 is 5.91 Å². The van der Waals surface area contributed by atoms with Crippen molar-refractivity contribution in [1.82, 2.24) is 30.2 Å². The monoisotopic (exact) mass is 526 g/mol. The predicted molar refractivity (Wildman–Crippen MR) is 159 cm³/mol. The van der Waals surface area contributed by atoms with Crippen LogP contribution >= 0.6 is 0 Å². The molecule has 39 heavy (non-hydrogen) atoms. The van der Waals surface area contributed by atoms with Crippen molar-refractivity contribution in [2.75, 3.05) is 13.6 Å². The van der Waals surface area contributed by atoms with Gasteiger partial charge in [0.1, 0.15) is 11.6 Å². The molecule has 1 atom stereocenters. The third-order valence-electron chi connectivity index (χ3n) is 6.97. The van der Waals surface area contributed by atoms with Gasteiger partial charge in [0.2, 0.25) is 5.91 Å². The van der Waals surface area contributed by atoms with E-state index in [1.165, 1.54) is 0 Å². The van der Waals surface area contributed by atoms with Crippen LogP contribution in [0, 0.1) is 5.92 Å². The number of nitrogens with one attached hydrogen (secondary N) is 3. The molecule has 7 heteroatoms. The molecule has 3 N–H and O–H groups in total. The van der Waals surface area contributed by atoms with Crippen LogP contribution in [0.5, 0.6) is 0 Å². The molecule has 0 bridgehead atoms. The molecular weight excluding hydrogens is 484 g/mol. The van der Waals surface area contributed by atoms with Crippen LogP contribution in [-0.2, 0) is 11.3 Å². The first-order valence-corrected chi connectivity index (χ1v) is 14.2. The van der Waals surface area contributed by atoms with Crippen LogP contribution in [-0.4, -0.2) is 44.3 Å². The van der Waals surface area contributed by atoms with Gasteiger partial charge in [0, 0.05) is 13.0 Å². The number of aromatic amines is 2. The Morgan fingerprint density at radius 3 is 1.95 bits per heavy atom. The van der Waals surface area contributed by atoms with Crippen LogP contribution in [0.25, 0.3) is 33.6 Å². The average molecular weight is 527 g/mol. The molecule has 0 saturated heterocycles. The van der Waals surface area contributed by atoms with E-state index in [0.717, 1.165) is 71.1 Å². The summed E-state index contributed by atoms with van der Waals surface area (Å²) in [6.07, 6.45) is 7.42. The summed E-state index contributed by atoms with van der Waals surface area (Å²) in [5, 5.41) is 3.34. The van der Waals surface area contributed by atoms with E-state index >= 15 is 0 Å². The lowest BCUT2D eigenvalue weighted by Gasteiger charge is -2.22. The minimum atomic E-state index is 0.187. The van der Waals surface area contributed by atoms with Gasteiger partial charge in [-0.1, -0.05) is 82.6 Å². The fraction of sp³-hybridized carbons (Fsp3) is 0.406. The molecular formula is C32H42N6O. The van der Waals surface area contributed by atoms with Gasteiger partial charge in [-0.05, 0) is 48.1 Å². The number of carbonyl (C=O) groups is 1. The van der Waals surface area contributed by atoms with Crippen LogP contribution in [0.3, 0.4) is 0 Å². The third kappa shape index (κ3) is 7.24. The fourth-order valence-electron chi connectivity index (χ4n) is 4.86. The molecule has 2 aromatic heterocycles. The lowest BCUT2D eigenvalue weighted by atomic mass is 10.0. The van der Waals surface area contributed by atoms with Gasteiger partial charge < -0.3 is 20.2 Å². The molecule has 1 unspecified atom stereocenters. The summed E-state index contributed by atoms with van der Waals surface area (Å²) in [4.78, 5) is 30.6. The Balaban J connectivity index is 1.42. The Kier molecular flexibility index (Phi) is 9.71. The number of nitrogens with zero attached hydrogens (tertiary/aromatic N) is 3. The third-order valence-corrected chi connectivity index (χ3v) is 6.97. The van der Waals surface area contributed by atoms with E-state index in [9.17, 15) is 4.79 Å². The van der Waals surface area contributed by atoms with Gasteiger partial charge in [0.15, 0.2) is 0 Å². The Bertz CT molecular complexity index is 1320. The Hall–Kier alpha value is -3.71. The average Bonchev–Trinajstić information content (AvgIpc) is 3.62. The predicted octanol–water partition coefficient (Wildman–Crippen LogP) is 6.98. The molecule has 4 rings (SSSR count). The highest BCUT2D eigenvalue weighted by molar-refractivity contribution is 5.76. The molecule has 1 amide bonds. The van der Waals surface area contributed by atoms with E-state index in [0.29, 0.717) is 18.9 Å². The lowest BCUT2D eigenvalue weighted by Crippen LogP contribution is -2.32. The van der Waals surface area contributed by atoms with Crippen LogP contribution < -0.4 is 5.32 Å². The first-order valence-electron chi connectivity index (χ1n) is 14.2. The molecule has 206 valence electrons. The topological polar surface area (TPSA) is 89.7 Å². The minimum Gasteiger partial charge on any atom is -0.341 e. The minimum absolute atomic E-state index is 0.187. The first-order chi connectivity index (χ1) is 18.9. The zero-order chi connectivity index (χ0) is 27.8. The molecule has 0 aliphatic heterocycles. The summed E-state index contributed by atoms with van der Waals surface area (Å²) in [6, 6.07) is 17.3. The summed E-state index contributed by atoms with van der Waals surface area (Å²) in [5.74, 6) is 2.33. The van der Waals surface area contributed by atoms with Crippen molar-refractivity contribution in [2.24, 2.45) is 5.92 Å². The van der Waals surface area contributed by atoms with E-state index in [1.54, 1.807) is 0 Å². The van der Waals surface area contributed by atoms with Crippen molar-refractivity contribution in [3.8, 4) is 33.6 Å². The molecule has 7 nitrogen and oxygen atoms in total. The van der Waals surface area contributed by atoms with Crippen molar-refractivity contribution in [1.29, 1.82) is 0 Å². The fourth-order valence-corrected chi connectivity index (χ4v) is 4.86. The van der Waals surface area contributed by atoms with Gasteiger partial charge in [-0.25, -0.2) is 9.97 Å². The maximum absolute atomic E-state index is 12.6. The second-order valence-corrected chi connectivity index (χ2v) is 10.6. The van der Waals surface area contributed by atoms with Crippen LogP contribution in [0.1, 0.15) is 71.1 Å². The molecule has 2 heterocycles. The number of carbonyl (C=O) groups excluding carboxylic acids is 1. The van der Waals surface area contributed by atoms with E-state index in [-0.39, 0.29) is 11.9 Å². The smallest absolute Gasteiger partial charge is 0.223 e. The normalized spacial score (nSPS) is 12.2. The molecule has 2 aromatic carbocycles. The Morgan fingerprint density at radius 1 is 0.846 bits per heavy atom. The van der Waals surface area contributed by atoms with E-state index < -0.39 is 0 Å². The molecule has 4 aromatic rings. The van der Waals surface area contributed by atoms with E-state index in [1.807, 2.05) is 24.3 Å². The number of H-pyrrole nitrogens is 2. The Morgan fingerprint density at radius 2 is 1.41 bits per heavy atom. The van der Waals surface area contributed by atoms with Gasteiger partial charge in [0.25, 0.3) is 0 Å². The SMILES string of the molecule is CCCC(NC)c1ncc(-c2ccc(-c3ccc(-c4cnc(CN(CCC)C(=O)CC(C)C)[nH]4)cc3)cc2)[nH]1. The van der Waals surface area contributed by atoms with Crippen LogP contribution in [0.15, 0.2) is 60.9 Å². The van der Waals surface area contributed by atoms with Crippen molar-refractivity contribution < 1.29 is 4.79 Å². The second-order valence-electron chi connectivity index (χ2n) is 10.6. The standard InChI is InChI=1S/C32H42N6O/c1-6-8-27(33-5)32-35-20-29(37-32)26-15-11-24(12-16-26)23-9-13-25(14-10-23)28-19-34-30(36-28)21-38(17-7-2)31(39)18-22(3)4/h9-16,19-20,22,27,33H,6-8,17-18,21H2,1-5H3,(H,34,36)(H,35,37). The lowest BCUT2D eigenvalue weighted by molar-refractivity contribution is -0.132. The highest BCUT2D eigenvalue weighted by Gasteiger charge is 2.17. The summed E-state index contributed by atoms with van der Waals surface area (Å²) in [7, 11) is 1.98. The molecule has 0 saturated carbocycles. The summed E-state index contributed by atoms with van der Waals surface area (Å²) < 4.78 is 0. The largest absolute Gasteiger partial charge is 0.341 e. The summed E-state index contributed by atoms with van der Waals surface area (Å²) in [5.41, 5.74) is 6.49. The molecule has 0 aliphatic rings. The van der Waals surface area contributed by atoms with Gasteiger partial charge in [0.05, 0.1) is 36.4 Å². The highest BCUT2D eigenvalue weighted by Crippen LogP contribution is 2.27. The number of aromatic nitrogens is 4. The van der Waals surface area contributed by atoms with Crippen LogP contribution in [0.4, 0.5) is 0 Å². The van der Waals surface area contributed by atoms with Crippen molar-refractivity contribution in [2.45, 2.75) is 66.0 Å². The van der Waals surface area contributed by atoms with Gasteiger partial charge in [-0.15, -0.1) is 0 Å². The highest BCUT2D eigenvalue weighted by atomic mass is 16.2. The zero-order valence-electron chi connectivity index (χ0n) is 23.9. The number of amides is 1. The number of benzene rings is 2. The van der Waals surface area contributed by atoms with Crippen molar-refractivity contribution in [3.63, 3.8) is 0 Å². The molecule has 0 radical (unpaired) electrons. The van der Waals surface area contributed by atoms with Crippen LogP contribution in [0.2, 0.25) is 0 Å². The summed E-state index contributed by atoms with van der Waals surface area (Å²) in [6.45, 7) is 9.69. The van der Waals surface area contributed by atoms with Gasteiger partial charge in [-0.3, -0.25) is 4.79 Å². The Labute approximate surface area is 232 Å². The number of hydrogen-bond acceptors (Lipinski definition) is 4. The molecule has 0 aliphatic carbocycles. The molecule has 0 fully saturated rings.